The van der Waals surface area contributed by atoms with Crippen LogP contribution in [0.5, 0.6) is 0 Å². The molecule has 4 atom stereocenters. The summed E-state index contributed by atoms with van der Waals surface area (Å²) in [6, 6.07) is 20.9. The van der Waals surface area contributed by atoms with Gasteiger partial charge in [-0.2, -0.15) is 4.21 Å². The third-order valence-corrected chi connectivity index (χ3v) is 11.3. The number of rotatable bonds is 5. The molecular formula is C21H26O5SSi. The highest BCUT2D eigenvalue weighted by Gasteiger charge is 2.53. The Morgan fingerprint density at radius 2 is 1.57 bits per heavy atom. The fourth-order valence-electron chi connectivity index (χ4n) is 4.18. The van der Waals surface area contributed by atoms with Gasteiger partial charge in [-0.15, -0.1) is 0 Å². The van der Waals surface area contributed by atoms with E-state index in [0.29, 0.717) is 13.2 Å². The van der Waals surface area contributed by atoms with Crippen molar-refractivity contribution in [2.24, 2.45) is 0 Å². The minimum atomic E-state index is -2.63. The lowest BCUT2D eigenvalue weighted by atomic mass is 10.2. The first kappa shape index (κ1) is 19.9. The summed E-state index contributed by atoms with van der Waals surface area (Å²) in [5.74, 6) is 0. The Kier molecular flexibility index (Phi) is 5.57. The molecule has 4 rings (SSSR count). The first-order valence-electron chi connectivity index (χ1n) is 9.54. The average Bonchev–Trinajstić information content (AvgIpc) is 3.22. The zero-order valence-corrected chi connectivity index (χ0v) is 18.2. The standard InChI is InChI=1S/C21H26O5SSi/c1-21(2,3)28(16-10-6-4-7-11-16,17-12-8-5-9-13-17)24-15-18-20-19(14-23-18)25-27(22)26-20/h4-13,18-20H,14-15H2,1-3H3/t18-,19+,20-,27?/m1/s1. The largest absolute Gasteiger partial charge is 0.405 e. The zero-order chi connectivity index (χ0) is 19.8. The van der Waals surface area contributed by atoms with E-state index >= 15 is 0 Å². The molecule has 2 fully saturated rings. The van der Waals surface area contributed by atoms with Gasteiger partial charge < -0.3 is 9.16 Å². The number of fused-ring (bicyclic) bond motifs is 1. The molecule has 0 aromatic heterocycles. The lowest BCUT2D eigenvalue weighted by Crippen LogP contribution is -2.67. The van der Waals surface area contributed by atoms with E-state index in [1.165, 1.54) is 10.4 Å². The molecule has 2 aliphatic heterocycles. The van der Waals surface area contributed by atoms with Crippen molar-refractivity contribution in [1.82, 2.24) is 0 Å². The minimum absolute atomic E-state index is 0.108. The summed E-state index contributed by atoms with van der Waals surface area (Å²) < 4.78 is 35.0. The summed E-state index contributed by atoms with van der Waals surface area (Å²) in [4.78, 5) is 0. The van der Waals surface area contributed by atoms with Crippen LogP contribution in [0.4, 0.5) is 0 Å². The van der Waals surface area contributed by atoms with Crippen LogP contribution >= 0.6 is 0 Å². The first-order valence-corrected chi connectivity index (χ1v) is 12.5. The van der Waals surface area contributed by atoms with Crippen LogP contribution in [0.1, 0.15) is 20.8 Å². The van der Waals surface area contributed by atoms with Crippen molar-refractivity contribution >= 4 is 30.1 Å². The lowest BCUT2D eigenvalue weighted by Gasteiger charge is -2.43. The van der Waals surface area contributed by atoms with Gasteiger partial charge in [0.2, 0.25) is 0 Å². The summed E-state index contributed by atoms with van der Waals surface area (Å²) in [7, 11) is -2.63. The maximum Gasteiger partial charge on any atom is 0.305 e. The van der Waals surface area contributed by atoms with E-state index in [1.54, 1.807) is 0 Å². The Balaban J connectivity index is 1.70. The van der Waals surface area contributed by atoms with Crippen LogP contribution < -0.4 is 10.4 Å². The molecule has 28 heavy (non-hydrogen) atoms. The highest BCUT2D eigenvalue weighted by atomic mass is 32.2. The second kappa shape index (κ2) is 7.82. The van der Waals surface area contributed by atoms with E-state index in [-0.39, 0.29) is 23.4 Å². The molecule has 2 saturated heterocycles. The lowest BCUT2D eigenvalue weighted by molar-refractivity contribution is 0.0216. The topological polar surface area (TPSA) is 54.0 Å². The van der Waals surface area contributed by atoms with E-state index in [9.17, 15) is 4.21 Å². The van der Waals surface area contributed by atoms with Crippen LogP contribution in [0.2, 0.25) is 5.04 Å². The molecule has 2 aromatic carbocycles. The second-order valence-corrected chi connectivity index (χ2v) is 13.3. The molecule has 5 nitrogen and oxygen atoms in total. The van der Waals surface area contributed by atoms with Gasteiger partial charge in [-0.3, -0.25) is 8.37 Å². The van der Waals surface area contributed by atoms with Crippen molar-refractivity contribution in [2.45, 2.75) is 44.1 Å². The SMILES string of the molecule is CC(C)(C)[Si](OC[C@H]1OC[C@@H]2OS(=O)O[C@@H]21)(c1ccccc1)c1ccccc1. The van der Waals surface area contributed by atoms with Crippen LogP contribution in [0.25, 0.3) is 0 Å². The molecule has 2 aliphatic rings. The normalized spacial score (nSPS) is 27.7. The van der Waals surface area contributed by atoms with Gasteiger partial charge in [0.1, 0.15) is 18.3 Å². The monoisotopic (exact) mass is 418 g/mol. The number of benzene rings is 2. The van der Waals surface area contributed by atoms with Gasteiger partial charge in [-0.25, -0.2) is 0 Å². The van der Waals surface area contributed by atoms with Crippen molar-refractivity contribution in [3.63, 3.8) is 0 Å². The van der Waals surface area contributed by atoms with E-state index in [4.69, 9.17) is 17.5 Å². The third kappa shape index (κ3) is 3.51. The van der Waals surface area contributed by atoms with Gasteiger partial charge >= 0.3 is 11.4 Å². The van der Waals surface area contributed by atoms with Gasteiger partial charge in [-0.1, -0.05) is 81.4 Å². The van der Waals surface area contributed by atoms with Crippen LogP contribution in [-0.2, 0) is 28.9 Å². The van der Waals surface area contributed by atoms with E-state index in [1.807, 2.05) is 12.1 Å². The molecule has 0 amide bonds. The maximum absolute atomic E-state index is 11.6. The first-order chi connectivity index (χ1) is 13.4. The molecule has 7 heteroatoms. The molecule has 0 saturated carbocycles. The molecule has 0 spiro atoms. The Morgan fingerprint density at radius 3 is 2.11 bits per heavy atom. The van der Waals surface area contributed by atoms with Gasteiger partial charge in [0.25, 0.3) is 8.32 Å². The predicted molar refractivity (Wildman–Crippen MR) is 111 cm³/mol. The molecule has 150 valence electrons. The van der Waals surface area contributed by atoms with Crippen molar-refractivity contribution in [3.05, 3.63) is 60.7 Å². The molecule has 0 N–H and O–H groups in total. The molecule has 2 aromatic rings. The molecule has 0 aliphatic carbocycles. The van der Waals surface area contributed by atoms with E-state index < -0.39 is 19.7 Å². The van der Waals surface area contributed by atoms with E-state index in [2.05, 4.69) is 69.3 Å². The molecule has 1 unspecified atom stereocenters. The number of hydrogen-bond acceptors (Lipinski definition) is 5. The van der Waals surface area contributed by atoms with Gasteiger partial charge in [0.15, 0.2) is 0 Å². The number of ether oxygens (including phenoxy) is 1. The van der Waals surface area contributed by atoms with Crippen molar-refractivity contribution in [3.8, 4) is 0 Å². The maximum atomic E-state index is 11.6. The summed E-state index contributed by atoms with van der Waals surface area (Å²) in [5, 5.41) is 2.33. The second-order valence-electron chi connectivity index (χ2n) is 8.25. The van der Waals surface area contributed by atoms with Crippen LogP contribution in [0.15, 0.2) is 60.7 Å². The van der Waals surface area contributed by atoms with Gasteiger partial charge in [0, 0.05) is 0 Å². The Hall–Kier alpha value is -1.35. The Bertz CT molecular complexity index is 784. The van der Waals surface area contributed by atoms with E-state index in [0.717, 1.165) is 0 Å². The summed E-state index contributed by atoms with van der Waals surface area (Å²) in [6.07, 6.45) is -0.925. The highest BCUT2D eigenvalue weighted by Crippen LogP contribution is 2.38. The number of hydrogen-bond donors (Lipinski definition) is 0. The minimum Gasteiger partial charge on any atom is -0.405 e. The van der Waals surface area contributed by atoms with Crippen molar-refractivity contribution in [2.75, 3.05) is 13.2 Å². The highest BCUT2D eigenvalue weighted by molar-refractivity contribution is 7.75. The third-order valence-electron chi connectivity index (χ3n) is 5.48. The van der Waals surface area contributed by atoms with Crippen molar-refractivity contribution in [1.29, 1.82) is 0 Å². The molecule has 0 radical (unpaired) electrons. The van der Waals surface area contributed by atoms with Crippen LogP contribution in [0.3, 0.4) is 0 Å². The Labute approximate surface area is 170 Å². The van der Waals surface area contributed by atoms with Gasteiger partial charge in [-0.05, 0) is 15.4 Å². The smallest absolute Gasteiger partial charge is 0.305 e. The Morgan fingerprint density at radius 1 is 1.00 bits per heavy atom. The van der Waals surface area contributed by atoms with Gasteiger partial charge in [0.05, 0.1) is 13.2 Å². The summed E-state index contributed by atoms with van der Waals surface area (Å²) in [5.41, 5.74) is 0. The summed E-state index contributed by atoms with van der Waals surface area (Å²) >= 11 is -1.69. The summed E-state index contributed by atoms with van der Waals surface area (Å²) in [6.45, 7) is 7.46. The zero-order valence-electron chi connectivity index (χ0n) is 16.4. The fourth-order valence-corrected chi connectivity index (χ4v) is 9.59. The molecule has 2 heterocycles. The van der Waals surface area contributed by atoms with Crippen LogP contribution in [0, 0.1) is 0 Å². The quantitative estimate of drug-likeness (QED) is 0.698. The fraction of sp³-hybridized carbons (Fsp3) is 0.429. The average molecular weight is 419 g/mol. The van der Waals surface area contributed by atoms with Crippen molar-refractivity contribution < 1.29 is 21.7 Å². The predicted octanol–water partition coefficient (Wildman–Crippen LogP) is 2.32. The molecule has 0 bridgehead atoms. The van der Waals surface area contributed by atoms with Crippen LogP contribution in [-0.4, -0.2) is 44.1 Å². The molecular weight excluding hydrogens is 392 g/mol.